The smallest absolute Gasteiger partial charge is 0.338 e. The predicted molar refractivity (Wildman–Crippen MR) is 66.7 cm³/mol. The number of amides is 3. The summed E-state index contributed by atoms with van der Waals surface area (Å²) in [5.74, 6) is -1.43. The Kier molecular flexibility index (Phi) is 4.85. The minimum atomic E-state index is -1.10. The number of hydrogen-bond acceptors (Lipinski definition) is 4. The molecule has 1 aromatic carbocycles. The maximum absolute atomic E-state index is 11.6. The van der Waals surface area contributed by atoms with Crippen molar-refractivity contribution in [3.05, 3.63) is 34.3 Å². The summed E-state index contributed by atoms with van der Waals surface area (Å²) < 4.78 is 5.68. The van der Waals surface area contributed by atoms with Crippen molar-refractivity contribution < 1.29 is 19.1 Å². The third-order valence-electron chi connectivity index (χ3n) is 1.98. The minimum Gasteiger partial charge on any atom is -0.449 e. The summed E-state index contributed by atoms with van der Waals surface area (Å²) in [6, 6.07) is 5.44. The van der Waals surface area contributed by atoms with Gasteiger partial charge < -0.3 is 10.5 Å². The normalized spacial score (nSPS) is 11.4. The number of nitrogens with one attached hydrogen (secondary N) is 1. The Labute approximate surface area is 112 Å². The van der Waals surface area contributed by atoms with Gasteiger partial charge in [-0.25, -0.2) is 9.59 Å². The number of urea groups is 1. The van der Waals surface area contributed by atoms with Gasteiger partial charge in [0, 0.05) is 4.47 Å². The number of primary amides is 1. The molecule has 0 saturated carbocycles. The molecule has 0 saturated heterocycles. The van der Waals surface area contributed by atoms with Crippen molar-refractivity contribution >= 4 is 33.8 Å². The topological polar surface area (TPSA) is 98.5 Å². The van der Waals surface area contributed by atoms with Gasteiger partial charge in [-0.3, -0.25) is 10.1 Å². The lowest BCUT2D eigenvalue weighted by molar-refractivity contribution is -0.127. The Morgan fingerprint density at radius 1 is 1.28 bits per heavy atom. The Morgan fingerprint density at radius 3 is 2.33 bits per heavy atom. The number of imide groups is 1. The quantitative estimate of drug-likeness (QED) is 0.819. The van der Waals surface area contributed by atoms with Crippen molar-refractivity contribution in [2.45, 2.75) is 13.0 Å². The van der Waals surface area contributed by atoms with E-state index in [4.69, 9.17) is 10.5 Å². The first-order chi connectivity index (χ1) is 8.40. The van der Waals surface area contributed by atoms with E-state index in [1.165, 1.54) is 6.92 Å². The van der Waals surface area contributed by atoms with Crippen LogP contribution < -0.4 is 11.1 Å². The van der Waals surface area contributed by atoms with Gasteiger partial charge in [-0.05, 0) is 31.2 Å². The van der Waals surface area contributed by atoms with Crippen molar-refractivity contribution in [1.29, 1.82) is 0 Å². The zero-order chi connectivity index (χ0) is 13.7. The van der Waals surface area contributed by atoms with Crippen LogP contribution in [0.4, 0.5) is 4.79 Å². The largest absolute Gasteiger partial charge is 0.449 e. The summed E-state index contributed by atoms with van der Waals surface area (Å²) in [6.07, 6.45) is -1.10. The predicted octanol–water partition coefficient (Wildman–Crippen LogP) is 1.19. The van der Waals surface area contributed by atoms with Crippen molar-refractivity contribution in [1.82, 2.24) is 5.32 Å². The second-order valence-corrected chi connectivity index (χ2v) is 4.32. The van der Waals surface area contributed by atoms with E-state index in [0.717, 1.165) is 4.47 Å². The zero-order valence-electron chi connectivity index (χ0n) is 9.48. The number of carbonyl (C=O) groups is 3. The van der Waals surface area contributed by atoms with Crippen LogP contribution in [-0.2, 0) is 9.53 Å². The Hall–Kier alpha value is -1.89. The molecule has 0 heterocycles. The molecule has 0 aliphatic carbocycles. The van der Waals surface area contributed by atoms with E-state index in [0.29, 0.717) is 5.56 Å². The molecule has 1 rings (SSSR count). The monoisotopic (exact) mass is 314 g/mol. The fourth-order valence-corrected chi connectivity index (χ4v) is 1.36. The molecule has 96 valence electrons. The van der Waals surface area contributed by atoms with E-state index in [1.54, 1.807) is 24.3 Å². The average molecular weight is 315 g/mol. The van der Waals surface area contributed by atoms with E-state index >= 15 is 0 Å². The zero-order valence-corrected chi connectivity index (χ0v) is 11.1. The van der Waals surface area contributed by atoms with Gasteiger partial charge in [0.15, 0.2) is 6.10 Å². The van der Waals surface area contributed by atoms with E-state index in [1.807, 2.05) is 5.32 Å². The summed E-state index contributed by atoms with van der Waals surface area (Å²) in [7, 11) is 0. The van der Waals surface area contributed by atoms with Crippen LogP contribution in [0.1, 0.15) is 17.3 Å². The van der Waals surface area contributed by atoms with Gasteiger partial charge in [0.1, 0.15) is 0 Å². The van der Waals surface area contributed by atoms with E-state index < -0.39 is 24.0 Å². The Balaban J connectivity index is 2.62. The molecular formula is C11H11BrN2O4. The summed E-state index contributed by atoms with van der Waals surface area (Å²) in [5, 5.41) is 1.82. The first kappa shape index (κ1) is 14.2. The average Bonchev–Trinajstić information content (AvgIpc) is 2.28. The highest BCUT2D eigenvalue weighted by atomic mass is 79.9. The van der Waals surface area contributed by atoms with Gasteiger partial charge in [-0.2, -0.15) is 0 Å². The Bertz CT molecular complexity index is 472. The molecule has 0 spiro atoms. The summed E-state index contributed by atoms with van der Waals surface area (Å²) >= 11 is 3.23. The molecule has 18 heavy (non-hydrogen) atoms. The van der Waals surface area contributed by atoms with Gasteiger partial charge >= 0.3 is 12.0 Å². The highest BCUT2D eigenvalue weighted by Gasteiger charge is 2.19. The lowest BCUT2D eigenvalue weighted by Crippen LogP contribution is -2.42. The van der Waals surface area contributed by atoms with Crippen molar-refractivity contribution in [3.63, 3.8) is 0 Å². The van der Waals surface area contributed by atoms with Crippen LogP contribution in [0.15, 0.2) is 28.7 Å². The number of nitrogens with two attached hydrogens (primary N) is 1. The first-order valence-corrected chi connectivity index (χ1v) is 5.76. The van der Waals surface area contributed by atoms with Gasteiger partial charge in [0.2, 0.25) is 0 Å². The van der Waals surface area contributed by atoms with Crippen LogP contribution in [-0.4, -0.2) is 24.0 Å². The molecule has 7 heteroatoms. The van der Waals surface area contributed by atoms with Crippen molar-refractivity contribution in [2.75, 3.05) is 0 Å². The van der Waals surface area contributed by atoms with Gasteiger partial charge in [0.05, 0.1) is 5.56 Å². The molecule has 1 unspecified atom stereocenters. The fraction of sp³-hybridized carbons (Fsp3) is 0.182. The minimum absolute atomic E-state index is 0.303. The standard InChI is InChI=1S/C11H11BrN2O4/c1-6(9(15)14-11(13)17)18-10(16)7-2-4-8(12)5-3-7/h2-6H,1H3,(H3,13,14,15,17). The highest BCUT2D eigenvalue weighted by molar-refractivity contribution is 9.10. The molecule has 3 N–H and O–H groups in total. The van der Waals surface area contributed by atoms with E-state index in [2.05, 4.69) is 15.9 Å². The molecule has 0 aliphatic rings. The van der Waals surface area contributed by atoms with Gasteiger partial charge in [-0.15, -0.1) is 0 Å². The fourth-order valence-electron chi connectivity index (χ4n) is 1.09. The lowest BCUT2D eigenvalue weighted by atomic mass is 10.2. The molecule has 0 bridgehead atoms. The number of benzene rings is 1. The van der Waals surface area contributed by atoms with Crippen molar-refractivity contribution in [3.8, 4) is 0 Å². The van der Waals surface area contributed by atoms with Crippen LogP contribution >= 0.6 is 15.9 Å². The number of hydrogen-bond donors (Lipinski definition) is 2. The third kappa shape index (κ3) is 4.17. The molecule has 1 atom stereocenters. The van der Waals surface area contributed by atoms with Crippen LogP contribution in [0.2, 0.25) is 0 Å². The molecule has 1 aromatic rings. The van der Waals surface area contributed by atoms with E-state index in [-0.39, 0.29) is 0 Å². The number of carbonyl (C=O) groups excluding carboxylic acids is 3. The van der Waals surface area contributed by atoms with Gasteiger partial charge in [0.25, 0.3) is 5.91 Å². The maximum Gasteiger partial charge on any atom is 0.338 e. The molecule has 3 amide bonds. The molecular weight excluding hydrogens is 304 g/mol. The first-order valence-electron chi connectivity index (χ1n) is 4.97. The third-order valence-corrected chi connectivity index (χ3v) is 2.51. The van der Waals surface area contributed by atoms with Crippen LogP contribution in [0.5, 0.6) is 0 Å². The number of halogens is 1. The summed E-state index contributed by atoms with van der Waals surface area (Å²) in [6.45, 7) is 1.34. The molecule has 0 radical (unpaired) electrons. The maximum atomic E-state index is 11.6. The molecule has 0 aliphatic heterocycles. The molecule has 0 fully saturated rings. The van der Waals surface area contributed by atoms with Crippen LogP contribution in [0.25, 0.3) is 0 Å². The lowest BCUT2D eigenvalue weighted by Gasteiger charge is -2.11. The highest BCUT2D eigenvalue weighted by Crippen LogP contribution is 2.12. The number of esters is 1. The van der Waals surface area contributed by atoms with Gasteiger partial charge in [-0.1, -0.05) is 15.9 Å². The molecule has 6 nitrogen and oxygen atoms in total. The Morgan fingerprint density at radius 2 is 1.83 bits per heavy atom. The summed E-state index contributed by atoms with van der Waals surface area (Å²) in [4.78, 5) is 33.4. The van der Waals surface area contributed by atoms with Crippen LogP contribution in [0, 0.1) is 0 Å². The summed E-state index contributed by atoms with van der Waals surface area (Å²) in [5.41, 5.74) is 5.08. The van der Waals surface area contributed by atoms with E-state index in [9.17, 15) is 14.4 Å². The second kappa shape index (κ2) is 6.15. The number of ether oxygens (including phenoxy) is 1. The SMILES string of the molecule is CC(OC(=O)c1ccc(Br)cc1)C(=O)NC(N)=O. The van der Waals surface area contributed by atoms with Crippen molar-refractivity contribution in [2.24, 2.45) is 5.73 Å². The molecule has 0 aromatic heterocycles. The van der Waals surface area contributed by atoms with Crippen LogP contribution in [0.3, 0.4) is 0 Å². The second-order valence-electron chi connectivity index (χ2n) is 3.41. The number of rotatable bonds is 3.